The second-order valence-electron chi connectivity index (χ2n) is 3.54. The normalized spacial score (nSPS) is 14.9. The van der Waals surface area contributed by atoms with Gasteiger partial charge in [0.15, 0.2) is 0 Å². The molecule has 1 aromatic carbocycles. The van der Waals surface area contributed by atoms with Crippen molar-refractivity contribution in [2.75, 3.05) is 6.61 Å². The van der Waals surface area contributed by atoms with E-state index in [0.717, 1.165) is 0 Å². The number of benzene rings is 1. The number of hydrogen-bond donors (Lipinski definition) is 4. The van der Waals surface area contributed by atoms with Crippen molar-refractivity contribution < 1.29 is 20.4 Å². The van der Waals surface area contributed by atoms with Gasteiger partial charge in [0.2, 0.25) is 0 Å². The first kappa shape index (κ1) is 12.0. The maximum atomic E-state index is 9.70. The Morgan fingerprint density at radius 1 is 1.27 bits per heavy atom. The summed E-state index contributed by atoms with van der Waals surface area (Å²) in [5.41, 5.74) is 0.929. The lowest BCUT2D eigenvalue weighted by Crippen LogP contribution is -2.19. The fourth-order valence-electron chi connectivity index (χ4n) is 1.42. The summed E-state index contributed by atoms with van der Waals surface area (Å²) in [5.74, 6) is -0.0120. The van der Waals surface area contributed by atoms with E-state index in [0.29, 0.717) is 5.56 Å². The minimum atomic E-state index is -1.17. The van der Waals surface area contributed by atoms with E-state index in [-0.39, 0.29) is 24.3 Å². The fraction of sp³-hybridized carbons (Fsp3) is 0.455. The van der Waals surface area contributed by atoms with Gasteiger partial charge in [0.25, 0.3) is 0 Å². The van der Waals surface area contributed by atoms with Gasteiger partial charge >= 0.3 is 0 Å². The molecule has 1 rings (SSSR count). The molecule has 0 radical (unpaired) electrons. The Balaban J connectivity index is 2.90. The monoisotopic (exact) mass is 212 g/mol. The third-order valence-electron chi connectivity index (χ3n) is 2.38. The zero-order chi connectivity index (χ0) is 11.4. The van der Waals surface area contributed by atoms with Crippen LogP contribution in [0.15, 0.2) is 18.2 Å². The average molecular weight is 212 g/mol. The summed E-state index contributed by atoms with van der Waals surface area (Å²) in [4.78, 5) is 0. The van der Waals surface area contributed by atoms with E-state index in [2.05, 4.69) is 0 Å². The highest BCUT2D eigenvalue weighted by atomic mass is 16.3. The minimum absolute atomic E-state index is 0.0120. The standard InChI is InChI=1S/C11H16O4/c1-7-3-2-4-8(10(7)14)11(15)9(13)5-6-12/h2-4,9,11-15H,5-6H2,1H3. The van der Waals surface area contributed by atoms with Gasteiger partial charge < -0.3 is 20.4 Å². The van der Waals surface area contributed by atoms with Crippen LogP contribution in [0.1, 0.15) is 23.7 Å². The minimum Gasteiger partial charge on any atom is -0.507 e. The van der Waals surface area contributed by atoms with Crippen molar-refractivity contribution in [3.63, 3.8) is 0 Å². The molecular formula is C11H16O4. The van der Waals surface area contributed by atoms with Crippen molar-refractivity contribution in [3.05, 3.63) is 29.3 Å². The van der Waals surface area contributed by atoms with E-state index >= 15 is 0 Å². The van der Waals surface area contributed by atoms with Crippen LogP contribution in [0.4, 0.5) is 0 Å². The van der Waals surface area contributed by atoms with Crippen molar-refractivity contribution >= 4 is 0 Å². The Labute approximate surface area is 88.4 Å². The highest BCUT2D eigenvalue weighted by Gasteiger charge is 2.21. The molecule has 15 heavy (non-hydrogen) atoms. The van der Waals surface area contributed by atoms with Crippen molar-refractivity contribution in [3.8, 4) is 5.75 Å². The molecule has 0 amide bonds. The van der Waals surface area contributed by atoms with Crippen molar-refractivity contribution in [1.29, 1.82) is 0 Å². The van der Waals surface area contributed by atoms with Crippen LogP contribution in [0.5, 0.6) is 5.75 Å². The van der Waals surface area contributed by atoms with Crippen LogP contribution in [0.3, 0.4) is 0 Å². The summed E-state index contributed by atoms with van der Waals surface area (Å²) < 4.78 is 0. The topological polar surface area (TPSA) is 80.9 Å². The molecule has 2 unspecified atom stereocenters. The molecule has 4 N–H and O–H groups in total. The molecule has 0 aliphatic heterocycles. The molecule has 2 atom stereocenters. The summed E-state index contributed by atoms with van der Waals surface area (Å²) in [7, 11) is 0. The Kier molecular flexibility index (Phi) is 4.08. The van der Waals surface area contributed by atoms with Crippen molar-refractivity contribution in [1.82, 2.24) is 0 Å². The molecule has 0 spiro atoms. The van der Waals surface area contributed by atoms with Crippen LogP contribution in [-0.2, 0) is 0 Å². The first-order chi connectivity index (χ1) is 7.07. The number of aryl methyl sites for hydroxylation is 1. The summed E-state index contributed by atoms with van der Waals surface area (Å²) in [6, 6.07) is 4.96. The van der Waals surface area contributed by atoms with Gasteiger partial charge in [0.05, 0.1) is 6.10 Å². The number of aromatic hydroxyl groups is 1. The lowest BCUT2D eigenvalue weighted by Gasteiger charge is -2.18. The molecule has 0 aliphatic rings. The fourth-order valence-corrected chi connectivity index (χ4v) is 1.42. The van der Waals surface area contributed by atoms with E-state index < -0.39 is 12.2 Å². The molecule has 0 saturated carbocycles. The van der Waals surface area contributed by atoms with Crippen LogP contribution >= 0.6 is 0 Å². The number of rotatable bonds is 4. The smallest absolute Gasteiger partial charge is 0.124 e. The van der Waals surface area contributed by atoms with Gasteiger partial charge in [-0.2, -0.15) is 0 Å². The third-order valence-corrected chi connectivity index (χ3v) is 2.38. The molecule has 1 aromatic rings. The van der Waals surface area contributed by atoms with Crippen LogP contribution in [-0.4, -0.2) is 33.1 Å². The number of aliphatic hydroxyl groups excluding tert-OH is 3. The molecule has 84 valence electrons. The molecule has 0 aliphatic carbocycles. The second kappa shape index (κ2) is 5.11. The zero-order valence-electron chi connectivity index (χ0n) is 8.59. The van der Waals surface area contributed by atoms with Gasteiger partial charge in [0, 0.05) is 12.2 Å². The van der Waals surface area contributed by atoms with Gasteiger partial charge in [-0.1, -0.05) is 18.2 Å². The van der Waals surface area contributed by atoms with E-state index in [9.17, 15) is 15.3 Å². The Morgan fingerprint density at radius 2 is 1.93 bits per heavy atom. The number of para-hydroxylation sites is 1. The molecular weight excluding hydrogens is 196 g/mol. The second-order valence-corrected chi connectivity index (χ2v) is 3.54. The molecule has 0 saturated heterocycles. The SMILES string of the molecule is Cc1cccc(C(O)C(O)CCO)c1O. The Bertz CT molecular complexity index is 324. The first-order valence-electron chi connectivity index (χ1n) is 4.83. The summed E-state index contributed by atoms with van der Waals surface area (Å²) >= 11 is 0. The van der Waals surface area contributed by atoms with Gasteiger partial charge in [-0.25, -0.2) is 0 Å². The average Bonchev–Trinajstić information content (AvgIpc) is 2.21. The highest BCUT2D eigenvalue weighted by molar-refractivity contribution is 5.41. The molecule has 4 heteroatoms. The third kappa shape index (κ3) is 2.68. The highest BCUT2D eigenvalue weighted by Crippen LogP contribution is 2.29. The van der Waals surface area contributed by atoms with Crippen LogP contribution in [0, 0.1) is 6.92 Å². The number of phenols is 1. The van der Waals surface area contributed by atoms with Crippen LogP contribution in [0.25, 0.3) is 0 Å². The van der Waals surface area contributed by atoms with E-state index in [1.54, 1.807) is 25.1 Å². The quantitative estimate of drug-likeness (QED) is 0.585. The molecule has 0 aromatic heterocycles. The van der Waals surface area contributed by atoms with Gasteiger partial charge in [0.1, 0.15) is 11.9 Å². The van der Waals surface area contributed by atoms with E-state index in [1.807, 2.05) is 0 Å². The molecule has 0 fully saturated rings. The van der Waals surface area contributed by atoms with Crippen molar-refractivity contribution in [2.24, 2.45) is 0 Å². The molecule has 0 bridgehead atoms. The van der Waals surface area contributed by atoms with Crippen LogP contribution in [0.2, 0.25) is 0 Å². The number of aliphatic hydroxyl groups is 3. The Hall–Kier alpha value is -1.10. The van der Waals surface area contributed by atoms with E-state index in [1.165, 1.54) is 0 Å². The van der Waals surface area contributed by atoms with Crippen molar-refractivity contribution in [2.45, 2.75) is 25.6 Å². The predicted octanol–water partition coefficient (Wildman–Crippen LogP) is 0.477. The maximum absolute atomic E-state index is 9.70. The lowest BCUT2D eigenvalue weighted by molar-refractivity contribution is 0.00301. The molecule has 0 heterocycles. The lowest BCUT2D eigenvalue weighted by atomic mass is 9.99. The molecule has 4 nitrogen and oxygen atoms in total. The largest absolute Gasteiger partial charge is 0.507 e. The van der Waals surface area contributed by atoms with E-state index in [4.69, 9.17) is 5.11 Å². The maximum Gasteiger partial charge on any atom is 0.124 e. The zero-order valence-corrected chi connectivity index (χ0v) is 8.59. The summed E-state index contributed by atoms with van der Waals surface area (Å²) in [6.07, 6.45) is -2.16. The first-order valence-corrected chi connectivity index (χ1v) is 4.83. The summed E-state index contributed by atoms with van der Waals surface area (Å²) in [6.45, 7) is 1.51. The van der Waals surface area contributed by atoms with Crippen LogP contribution < -0.4 is 0 Å². The Morgan fingerprint density at radius 3 is 2.53 bits per heavy atom. The van der Waals surface area contributed by atoms with Gasteiger partial charge in [-0.15, -0.1) is 0 Å². The summed E-state index contributed by atoms with van der Waals surface area (Å²) in [5, 5.41) is 37.4. The van der Waals surface area contributed by atoms with Gasteiger partial charge in [-0.3, -0.25) is 0 Å². The predicted molar refractivity (Wildman–Crippen MR) is 55.5 cm³/mol. The number of phenolic OH excluding ortho intramolecular Hbond substituents is 1. The van der Waals surface area contributed by atoms with Gasteiger partial charge in [-0.05, 0) is 18.9 Å². The number of hydrogen-bond acceptors (Lipinski definition) is 4.